The number of aromatic nitrogens is 3. The topological polar surface area (TPSA) is 53.6 Å². The van der Waals surface area contributed by atoms with Crippen LogP contribution in [0, 0.1) is 0 Å². The summed E-state index contributed by atoms with van der Waals surface area (Å²) in [6, 6.07) is 5.17. The summed E-state index contributed by atoms with van der Waals surface area (Å²) in [6.07, 6.45) is 7.27. The van der Waals surface area contributed by atoms with Gasteiger partial charge in [-0.1, -0.05) is 0 Å². The zero-order valence-electron chi connectivity index (χ0n) is 9.48. The Hall–Kier alpha value is -1.68. The van der Waals surface area contributed by atoms with Crippen molar-refractivity contribution in [3.8, 4) is 11.3 Å². The van der Waals surface area contributed by atoms with Crippen molar-refractivity contribution in [2.24, 2.45) is 0 Å². The SMILES string of the molecule is c1cncc(-c2n[nH]c3c2[C@@H]2CC[C@H](C3)N2)c1. The molecule has 4 rings (SSSR count). The zero-order valence-corrected chi connectivity index (χ0v) is 9.48. The van der Waals surface area contributed by atoms with Crippen LogP contribution in [0.4, 0.5) is 0 Å². The van der Waals surface area contributed by atoms with Crippen LogP contribution in [-0.4, -0.2) is 21.2 Å². The fourth-order valence-electron chi connectivity index (χ4n) is 3.09. The van der Waals surface area contributed by atoms with Crippen molar-refractivity contribution in [3.63, 3.8) is 0 Å². The highest BCUT2D eigenvalue weighted by Crippen LogP contribution is 2.39. The van der Waals surface area contributed by atoms with Gasteiger partial charge in [0, 0.05) is 47.7 Å². The Morgan fingerprint density at radius 1 is 1.29 bits per heavy atom. The lowest BCUT2D eigenvalue weighted by molar-refractivity contribution is 0.511. The van der Waals surface area contributed by atoms with Gasteiger partial charge in [-0.15, -0.1) is 0 Å². The number of nitrogens with one attached hydrogen (secondary N) is 2. The molecule has 86 valence electrons. The zero-order chi connectivity index (χ0) is 11.2. The van der Waals surface area contributed by atoms with E-state index in [0.29, 0.717) is 12.1 Å². The van der Waals surface area contributed by atoms with E-state index in [1.54, 1.807) is 6.20 Å². The van der Waals surface area contributed by atoms with Crippen molar-refractivity contribution in [2.75, 3.05) is 0 Å². The number of nitrogens with zero attached hydrogens (tertiary/aromatic N) is 2. The molecule has 2 bridgehead atoms. The Kier molecular flexibility index (Phi) is 1.87. The Labute approximate surface area is 99.5 Å². The fraction of sp³-hybridized carbons (Fsp3) is 0.385. The summed E-state index contributed by atoms with van der Waals surface area (Å²) in [5.74, 6) is 0. The first-order valence-electron chi connectivity index (χ1n) is 6.15. The van der Waals surface area contributed by atoms with Gasteiger partial charge in [0.1, 0.15) is 0 Å². The van der Waals surface area contributed by atoms with Gasteiger partial charge < -0.3 is 5.32 Å². The molecule has 4 nitrogen and oxygen atoms in total. The Morgan fingerprint density at radius 2 is 2.29 bits per heavy atom. The minimum atomic E-state index is 0.484. The Balaban J connectivity index is 1.87. The van der Waals surface area contributed by atoms with Crippen molar-refractivity contribution >= 4 is 0 Å². The first kappa shape index (κ1) is 9.36. The molecule has 0 aliphatic carbocycles. The molecule has 0 amide bonds. The molecular formula is C13H14N4. The number of pyridine rings is 1. The molecule has 0 unspecified atom stereocenters. The van der Waals surface area contributed by atoms with Gasteiger partial charge in [-0.2, -0.15) is 5.10 Å². The fourth-order valence-corrected chi connectivity index (χ4v) is 3.09. The molecule has 2 aromatic rings. The summed E-state index contributed by atoms with van der Waals surface area (Å²) >= 11 is 0. The second kappa shape index (κ2) is 3.40. The molecule has 2 aliphatic heterocycles. The number of H-pyrrole nitrogens is 1. The molecule has 0 aromatic carbocycles. The first-order valence-corrected chi connectivity index (χ1v) is 6.15. The van der Waals surface area contributed by atoms with E-state index in [-0.39, 0.29) is 0 Å². The van der Waals surface area contributed by atoms with Crippen LogP contribution >= 0.6 is 0 Å². The smallest absolute Gasteiger partial charge is 0.0986 e. The van der Waals surface area contributed by atoms with E-state index in [1.807, 2.05) is 12.3 Å². The molecular weight excluding hydrogens is 212 g/mol. The monoisotopic (exact) mass is 226 g/mol. The van der Waals surface area contributed by atoms with Crippen LogP contribution in [0.5, 0.6) is 0 Å². The van der Waals surface area contributed by atoms with Gasteiger partial charge in [0.2, 0.25) is 0 Å². The van der Waals surface area contributed by atoms with Crippen LogP contribution in [0.25, 0.3) is 11.3 Å². The van der Waals surface area contributed by atoms with Crippen LogP contribution < -0.4 is 5.32 Å². The van der Waals surface area contributed by atoms with Crippen molar-refractivity contribution in [1.29, 1.82) is 0 Å². The van der Waals surface area contributed by atoms with Gasteiger partial charge in [0.25, 0.3) is 0 Å². The molecule has 2 aromatic heterocycles. The predicted molar refractivity (Wildman–Crippen MR) is 64.4 cm³/mol. The molecule has 2 N–H and O–H groups in total. The quantitative estimate of drug-likeness (QED) is 0.780. The number of rotatable bonds is 1. The lowest BCUT2D eigenvalue weighted by Crippen LogP contribution is -2.31. The second-order valence-electron chi connectivity index (χ2n) is 4.90. The van der Waals surface area contributed by atoms with E-state index in [1.165, 1.54) is 24.1 Å². The number of hydrogen-bond acceptors (Lipinski definition) is 3. The van der Waals surface area contributed by atoms with Crippen LogP contribution in [0.2, 0.25) is 0 Å². The summed E-state index contributed by atoms with van der Waals surface area (Å²) in [5.41, 5.74) is 4.87. The molecule has 0 saturated carbocycles. The second-order valence-corrected chi connectivity index (χ2v) is 4.90. The Morgan fingerprint density at radius 3 is 3.18 bits per heavy atom. The third kappa shape index (κ3) is 1.34. The molecule has 17 heavy (non-hydrogen) atoms. The normalized spacial score (nSPS) is 25.9. The van der Waals surface area contributed by atoms with E-state index >= 15 is 0 Å². The molecule has 2 atom stereocenters. The molecule has 2 aliphatic rings. The van der Waals surface area contributed by atoms with Gasteiger partial charge in [-0.25, -0.2) is 0 Å². The van der Waals surface area contributed by atoms with Crippen molar-refractivity contribution in [3.05, 3.63) is 35.8 Å². The third-order valence-electron chi connectivity index (χ3n) is 3.86. The number of aromatic amines is 1. The van der Waals surface area contributed by atoms with Crippen LogP contribution in [0.3, 0.4) is 0 Å². The molecule has 0 radical (unpaired) electrons. The van der Waals surface area contributed by atoms with Crippen molar-refractivity contribution in [1.82, 2.24) is 20.5 Å². The standard InChI is InChI=1S/C13H14N4/c1-2-8(7-14-5-1)13-12-10-4-3-9(15-10)6-11(12)16-17-13/h1-2,5,7,9-10,15H,3-4,6H2,(H,16,17)/t9-,10+/m1/s1. The summed E-state index contributed by atoms with van der Waals surface area (Å²) in [5, 5.41) is 11.4. The molecule has 4 heteroatoms. The lowest BCUT2D eigenvalue weighted by Gasteiger charge is -2.21. The largest absolute Gasteiger partial charge is 0.307 e. The highest BCUT2D eigenvalue weighted by Gasteiger charge is 2.35. The maximum atomic E-state index is 4.48. The summed E-state index contributed by atoms with van der Waals surface area (Å²) < 4.78 is 0. The average Bonchev–Trinajstić information content (AvgIpc) is 2.96. The number of fused-ring (bicyclic) bond motifs is 4. The first-order chi connectivity index (χ1) is 8.42. The highest BCUT2D eigenvalue weighted by atomic mass is 15.2. The summed E-state index contributed by atoms with van der Waals surface area (Å²) in [4.78, 5) is 4.18. The summed E-state index contributed by atoms with van der Waals surface area (Å²) in [6.45, 7) is 0. The minimum Gasteiger partial charge on any atom is -0.307 e. The van der Waals surface area contributed by atoms with E-state index in [4.69, 9.17) is 0 Å². The molecule has 1 saturated heterocycles. The van der Waals surface area contributed by atoms with Gasteiger partial charge in [-0.05, 0) is 25.0 Å². The van der Waals surface area contributed by atoms with Crippen LogP contribution in [0.1, 0.15) is 30.1 Å². The van der Waals surface area contributed by atoms with E-state index in [9.17, 15) is 0 Å². The molecule has 1 fully saturated rings. The van der Waals surface area contributed by atoms with Crippen LogP contribution in [-0.2, 0) is 6.42 Å². The van der Waals surface area contributed by atoms with Gasteiger partial charge >= 0.3 is 0 Å². The van der Waals surface area contributed by atoms with Crippen molar-refractivity contribution in [2.45, 2.75) is 31.3 Å². The van der Waals surface area contributed by atoms with Crippen molar-refractivity contribution < 1.29 is 0 Å². The average molecular weight is 226 g/mol. The minimum absolute atomic E-state index is 0.484. The molecule has 4 heterocycles. The number of hydrogen-bond donors (Lipinski definition) is 2. The maximum absolute atomic E-state index is 4.48. The highest BCUT2D eigenvalue weighted by molar-refractivity contribution is 5.64. The van der Waals surface area contributed by atoms with E-state index < -0.39 is 0 Å². The molecule has 0 spiro atoms. The van der Waals surface area contributed by atoms with E-state index in [0.717, 1.165) is 17.7 Å². The third-order valence-corrected chi connectivity index (χ3v) is 3.86. The van der Waals surface area contributed by atoms with Gasteiger partial charge in [0.05, 0.1) is 5.69 Å². The summed E-state index contributed by atoms with van der Waals surface area (Å²) in [7, 11) is 0. The maximum Gasteiger partial charge on any atom is 0.0986 e. The lowest BCUT2D eigenvalue weighted by atomic mass is 9.97. The van der Waals surface area contributed by atoms with E-state index in [2.05, 4.69) is 26.6 Å². The predicted octanol–water partition coefficient (Wildman–Crippen LogP) is 1.82. The van der Waals surface area contributed by atoms with Gasteiger partial charge in [0.15, 0.2) is 0 Å². The van der Waals surface area contributed by atoms with Crippen LogP contribution in [0.15, 0.2) is 24.5 Å². The Bertz CT molecular complexity index is 546. The van der Waals surface area contributed by atoms with Gasteiger partial charge in [-0.3, -0.25) is 10.1 Å².